The van der Waals surface area contributed by atoms with Crippen molar-refractivity contribution in [3.05, 3.63) is 24.3 Å². The summed E-state index contributed by atoms with van der Waals surface area (Å²) >= 11 is 0. The zero-order valence-corrected chi connectivity index (χ0v) is 9.14. The standard InChI is InChI=1S/C10H13N5O/c1-12-10-13-9(11)15(14-10)7-4-3-5-8(6-7)16-2/h3-6H,1-2H3,(H3,11,12,13,14). The van der Waals surface area contributed by atoms with Crippen molar-refractivity contribution in [1.29, 1.82) is 0 Å². The Morgan fingerprint density at radius 3 is 2.88 bits per heavy atom. The number of methoxy groups -OCH3 is 1. The molecule has 0 aliphatic rings. The van der Waals surface area contributed by atoms with Gasteiger partial charge in [-0.05, 0) is 12.1 Å². The normalized spacial score (nSPS) is 10.1. The van der Waals surface area contributed by atoms with E-state index in [-0.39, 0.29) is 0 Å². The van der Waals surface area contributed by atoms with E-state index in [1.54, 1.807) is 18.8 Å². The molecule has 6 nitrogen and oxygen atoms in total. The molecule has 16 heavy (non-hydrogen) atoms. The van der Waals surface area contributed by atoms with Crippen LogP contribution in [0, 0.1) is 0 Å². The number of nitrogen functional groups attached to an aromatic ring is 1. The van der Waals surface area contributed by atoms with E-state index in [2.05, 4.69) is 15.4 Å². The van der Waals surface area contributed by atoms with Crippen LogP contribution in [0.15, 0.2) is 24.3 Å². The lowest BCUT2D eigenvalue weighted by Crippen LogP contribution is -2.02. The van der Waals surface area contributed by atoms with Gasteiger partial charge in [0.15, 0.2) is 0 Å². The molecule has 1 aromatic carbocycles. The Bertz CT molecular complexity index is 494. The Labute approximate surface area is 93.0 Å². The molecule has 6 heteroatoms. The predicted molar refractivity (Wildman–Crippen MR) is 61.9 cm³/mol. The summed E-state index contributed by atoms with van der Waals surface area (Å²) in [5.74, 6) is 1.57. The highest BCUT2D eigenvalue weighted by Crippen LogP contribution is 2.18. The fraction of sp³-hybridized carbons (Fsp3) is 0.200. The average Bonchev–Trinajstić information content (AvgIpc) is 2.71. The van der Waals surface area contributed by atoms with Crippen molar-refractivity contribution < 1.29 is 4.74 Å². The lowest BCUT2D eigenvalue weighted by molar-refractivity contribution is 0.414. The van der Waals surface area contributed by atoms with Crippen molar-refractivity contribution in [2.24, 2.45) is 0 Å². The van der Waals surface area contributed by atoms with Crippen LogP contribution in [-0.2, 0) is 0 Å². The number of rotatable bonds is 3. The first-order chi connectivity index (χ1) is 7.74. The first kappa shape index (κ1) is 10.3. The van der Waals surface area contributed by atoms with E-state index >= 15 is 0 Å². The van der Waals surface area contributed by atoms with Crippen LogP contribution < -0.4 is 15.8 Å². The maximum atomic E-state index is 5.75. The van der Waals surface area contributed by atoms with Gasteiger partial charge < -0.3 is 15.8 Å². The highest BCUT2D eigenvalue weighted by Gasteiger charge is 2.07. The van der Waals surface area contributed by atoms with Crippen molar-refractivity contribution in [2.75, 3.05) is 25.2 Å². The molecule has 0 saturated carbocycles. The summed E-state index contributed by atoms with van der Waals surface area (Å²) in [7, 11) is 3.35. The topological polar surface area (TPSA) is 78.0 Å². The second-order valence-corrected chi connectivity index (χ2v) is 3.16. The lowest BCUT2D eigenvalue weighted by atomic mass is 10.3. The van der Waals surface area contributed by atoms with Crippen LogP contribution in [0.5, 0.6) is 5.75 Å². The minimum Gasteiger partial charge on any atom is -0.497 e. The molecule has 2 rings (SSSR count). The van der Waals surface area contributed by atoms with Gasteiger partial charge in [0, 0.05) is 13.1 Å². The highest BCUT2D eigenvalue weighted by atomic mass is 16.5. The van der Waals surface area contributed by atoms with Crippen molar-refractivity contribution in [3.8, 4) is 11.4 Å². The van der Waals surface area contributed by atoms with Gasteiger partial charge in [-0.2, -0.15) is 9.67 Å². The second kappa shape index (κ2) is 4.09. The largest absolute Gasteiger partial charge is 0.497 e. The van der Waals surface area contributed by atoms with Gasteiger partial charge in [-0.15, -0.1) is 5.10 Å². The zero-order chi connectivity index (χ0) is 11.5. The minimum absolute atomic E-state index is 0.331. The fourth-order valence-corrected chi connectivity index (χ4v) is 1.36. The van der Waals surface area contributed by atoms with Gasteiger partial charge in [0.2, 0.25) is 11.9 Å². The summed E-state index contributed by atoms with van der Waals surface area (Å²) in [6.07, 6.45) is 0. The summed E-state index contributed by atoms with van der Waals surface area (Å²) in [6, 6.07) is 7.45. The van der Waals surface area contributed by atoms with Crippen LogP contribution in [0.2, 0.25) is 0 Å². The number of nitrogens with two attached hydrogens (primary N) is 1. The molecule has 2 aromatic rings. The molecule has 84 valence electrons. The number of hydrogen-bond donors (Lipinski definition) is 2. The van der Waals surface area contributed by atoms with Crippen LogP contribution in [0.3, 0.4) is 0 Å². The molecule has 0 unspecified atom stereocenters. The van der Waals surface area contributed by atoms with Crippen molar-refractivity contribution in [1.82, 2.24) is 14.8 Å². The van der Waals surface area contributed by atoms with Crippen LogP contribution in [-0.4, -0.2) is 28.9 Å². The third kappa shape index (κ3) is 1.77. The van der Waals surface area contributed by atoms with Gasteiger partial charge in [0.05, 0.1) is 12.8 Å². The van der Waals surface area contributed by atoms with Crippen LogP contribution in [0.1, 0.15) is 0 Å². The van der Waals surface area contributed by atoms with Crippen LogP contribution in [0.25, 0.3) is 5.69 Å². The van der Waals surface area contributed by atoms with Crippen LogP contribution >= 0.6 is 0 Å². The molecule has 1 heterocycles. The summed E-state index contributed by atoms with van der Waals surface area (Å²) in [5, 5.41) is 7.02. The minimum atomic E-state index is 0.331. The lowest BCUT2D eigenvalue weighted by Gasteiger charge is -2.04. The molecule has 0 atom stereocenters. The molecule has 0 spiro atoms. The summed E-state index contributed by atoms with van der Waals surface area (Å²) in [4.78, 5) is 4.04. The summed E-state index contributed by atoms with van der Waals surface area (Å²) in [5.41, 5.74) is 6.56. The van der Waals surface area contributed by atoms with Crippen molar-refractivity contribution in [2.45, 2.75) is 0 Å². The van der Waals surface area contributed by atoms with Crippen LogP contribution in [0.4, 0.5) is 11.9 Å². The Hall–Kier alpha value is -2.24. The molecule has 0 aliphatic carbocycles. The van der Waals surface area contributed by atoms with E-state index in [1.165, 1.54) is 0 Å². The maximum absolute atomic E-state index is 5.75. The molecule has 0 radical (unpaired) electrons. The molecule has 1 aromatic heterocycles. The molecular weight excluding hydrogens is 206 g/mol. The fourth-order valence-electron chi connectivity index (χ4n) is 1.36. The van der Waals surface area contributed by atoms with Gasteiger partial charge in [0.1, 0.15) is 5.75 Å². The number of hydrogen-bond acceptors (Lipinski definition) is 5. The summed E-state index contributed by atoms with van der Waals surface area (Å²) < 4.78 is 6.68. The average molecular weight is 219 g/mol. The van der Waals surface area contributed by atoms with E-state index < -0.39 is 0 Å². The third-order valence-electron chi connectivity index (χ3n) is 2.15. The van der Waals surface area contributed by atoms with E-state index in [4.69, 9.17) is 10.5 Å². The number of aromatic nitrogens is 3. The Morgan fingerprint density at radius 2 is 2.25 bits per heavy atom. The van der Waals surface area contributed by atoms with E-state index in [1.807, 2.05) is 24.3 Å². The maximum Gasteiger partial charge on any atom is 0.244 e. The van der Waals surface area contributed by atoms with E-state index in [0.29, 0.717) is 11.9 Å². The SMILES string of the molecule is CNc1nc(N)n(-c2cccc(OC)c2)n1. The zero-order valence-electron chi connectivity index (χ0n) is 9.14. The quantitative estimate of drug-likeness (QED) is 0.801. The Kier molecular flexibility index (Phi) is 2.63. The second-order valence-electron chi connectivity index (χ2n) is 3.16. The van der Waals surface area contributed by atoms with Crippen molar-refractivity contribution >= 4 is 11.9 Å². The number of nitrogens with one attached hydrogen (secondary N) is 1. The molecule has 0 saturated heterocycles. The van der Waals surface area contributed by atoms with Gasteiger partial charge in [0.25, 0.3) is 0 Å². The molecule has 0 aliphatic heterocycles. The van der Waals surface area contributed by atoms with E-state index in [9.17, 15) is 0 Å². The number of anilines is 2. The smallest absolute Gasteiger partial charge is 0.244 e. The highest BCUT2D eigenvalue weighted by molar-refractivity contribution is 5.44. The molecule has 0 amide bonds. The monoisotopic (exact) mass is 219 g/mol. The molecule has 0 bridgehead atoms. The van der Waals surface area contributed by atoms with Gasteiger partial charge in [-0.1, -0.05) is 6.07 Å². The first-order valence-electron chi connectivity index (χ1n) is 4.79. The van der Waals surface area contributed by atoms with Gasteiger partial charge in [-0.25, -0.2) is 0 Å². The number of ether oxygens (including phenoxy) is 1. The molecule has 0 fully saturated rings. The Morgan fingerprint density at radius 1 is 1.44 bits per heavy atom. The first-order valence-corrected chi connectivity index (χ1v) is 4.79. The number of benzene rings is 1. The summed E-state index contributed by atoms with van der Waals surface area (Å²) in [6.45, 7) is 0. The number of nitrogens with zero attached hydrogens (tertiary/aromatic N) is 3. The third-order valence-corrected chi connectivity index (χ3v) is 2.15. The Balaban J connectivity index is 2.45. The van der Waals surface area contributed by atoms with Crippen molar-refractivity contribution in [3.63, 3.8) is 0 Å². The predicted octanol–water partition coefficient (Wildman–Crippen LogP) is 0.900. The molecule has 3 N–H and O–H groups in total. The van der Waals surface area contributed by atoms with Gasteiger partial charge in [-0.3, -0.25) is 0 Å². The van der Waals surface area contributed by atoms with Gasteiger partial charge >= 0.3 is 0 Å². The van der Waals surface area contributed by atoms with E-state index in [0.717, 1.165) is 11.4 Å². The molecular formula is C10H13N5O.